The van der Waals surface area contributed by atoms with Crippen LogP contribution in [0.25, 0.3) is 0 Å². The van der Waals surface area contributed by atoms with E-state index in [1.807, 2.05) is 0 Å². The van der Waals surface area contributed by atoms with Crippen molar-refractivity contribution in [1.29, 1.82) is 0 Å². The molecule has 0 saturated carbocycles. The molecule has 4 nitrogen and oxygen atoms in total. The topological polar surface area (TPSA) is 35.6 Å². The lowest BCUT2D eigenvalue weighted by molar-refractivity contribution is -0.136. The Labute approximate surface area is 111 Å². The van der Waals surface area contributed by atoms with Crippen molar-refractivity contribution in [2.24, 2.45) is 5.92 Å². The molecular weight excluding hydrogens is 226 g/mol. The third kappa shape index (κ3) is 3.23. The van der Waals surface area contributed by atoms with Gasteiger partial charge in [0, 0.05) is 19.1 Å². The Bertz CT molecular complexity index is 293. The zero-order valence-corrected chi connectivity index (χ0v) is 12.0. The lowest BCUT2D eigenvalue weighted by Gasteiger charge is -2.39. The highest BCUT2D eigenvalue weighted by atomic mass is 16.2. The van der Waals surface area contributed by atoms with Crippen LogP contribution in [0, 0.1) is 5.92 Å². The lowest BCUT2D eigenvalue weighted by Crippen LogP contribution is -2.55. The van der Waals surface area contributed by atoms with Crippen LogP contribution in [0.5, 0.6) is 0 Å². The summed E-state index contributed by atoms with van der Waals surface area (Å²) in [6.07, 6.45) is 4.55. The quantitative estimate of drug-likeness (QED) is 0.795. The van der Waals surface area contributed by atoms with Gasteiger partial charge in [-0.25, -0.2) is 0 Å². The Balaban J connectivity index is 1.91. The fourth-order valence-electron chi connectivity index (χ4n) is 3.09. The fraction of sp³-hybridized carbons (Fsp3) is 0.929. The van der Waals surface area contributed by atoms with Gasteiger partial charge in [0.1, 0.15) is 0 Å². The standard InChI is InChI=1S/C14H27N3O/c1-11-6-7-15-13(9-11)14(18)17-8-4-5-12(10-17)16(2)3/h11-13,15H,4-10H2,1-3H3. The minimum Gasteiger partial charge on any atom is -0.340 e. The van der Waals surface area contributed by atoms with E-state index in [1.165, 1.54) is 12.8 Å². The van der Waals surface area contributed by atoms with Crippen LogP contribution in [-0.4, -0.2) is 61.5 Å². The fourth-order valence-corrected chi connectivity index (χ4v) is 3.09. The summed E-state index contributed by atoms with van der Waals surface area (Å²) < 4.78 is 0. The average molecular weight is 253 g/mol. The summed E-state index contributed by atoms with van der Waals surface area (Å²) in [5.41, 5.74) is 0. The summed E-state index contributed by atoms with van der Waals surface area (Å²) in [5, 5.41) is 3.39. The van der Waals surface area contributed by atoms with E-state index in [2.05, 4.69) is 36.1 Å². The molecule has 2 saturated heterocycles. The molecule has 2 heterocycles. The second kappa shape index (κ2) is 6.02. The summed E-state index contributed by atoms with van der Waals surface area (Å²) >= 11 is 0. The summed E-state index contributed by atoms with van der Waals surface area (Å²) in [6.45, 7) is 5.08. The van der Waals surface area contributed by atoms with Crippen LogP contribution < -0.4 is 5.32 Å². The van der Waals surface area contributed by atoms with E-state index < -0.39 is 0 Å². The smallest absolute Gasteiger partial charge is 0.239 e. The Hall–Kier alpha value is -0.610. The number of amides is 1. The van der Waals surface area contributed by atoms with E-state index in [0.29, 0.717) is 17.9 Å². The van der Waals surface area contributed by atoms with E-state index >= 15 is 0 Å². The van der Waals surface area contributed by atoms with Crippen LogP contribution in [-0.2, 0) is 4.79 Å². The predicted molar refractivity (Wildman–Crippen MR) is 73.5 cm³/mol. The van der Waals surface area contributed by atoms with Crippen molar-refractivity contribution in [3.8, 4) is 0 Å². The number of nitrogens with one attached hydrogen (secondary N) is 1. The number of carbonyl (C=O) groups excluding carboxylic acids is 1. The van der Waals surface area contributed by atoms with Crippen molar-refractivity contribution >= 4 is 5.91 Å². The maximum absolute atomic E-state index is 12.5. The van der Waals surface area contributed by atoms with Crippen LogP contribution in [0.1, 0.15) is 32.6 Å². The second-order valence-electron chi connectivity index (χ2n) is 6.18. The molecule has 2 rings (SSSR count). The van der Waals surface area contributed by atoms with Crippen LogP contribution in [0.15, 0.2) is 0 Å². The Morgan fingerprint density at radius 1 is 1.33 bits per heavy atom. The van der Waals surface area contributed by atoms with Crippen LogP contribution >= 0.6 is 0 Å². The molecule has 0 spiro atoms. The van der Waals surface area contributed by atoms with Crippen LogP contribution in [0.2, 0.25) is 0 Å². The predicted octanol–water partition coefficient (Wildman–Crippen LogP) is 0.927. The highest BCUT2D eigenvalue weighted by Crippen LogP contribution is 2.20. The number of rotatable bonds is 2. The molecule has 2 aliphatic heterocycles. The van der Waals surface area contributed by atoms with Gasteiger partial charge in [-0.15, -0.1) is 0 Å². The van der Waals surface area contributed by atoms with E-state index in [1.54, 1.807) is 0 Å². The van der Waals surface area contributed by atoms with Crippen molar-refractivity contribution in [3.63, 3.8) is 0 Å². The average Bonchev–Trinajstić information content (AvgIpc) is 2.38. The summed E-state index contributed by atoms with van der Waals surface area (Å²) in [4.78, 5) is 16.8. The van der Waals surface area contributed by atoms with Gasteiger partial charge >= 0.3 is 0 Å². The molecular formula is C14H27N3O. The molecule has 4 heteroatoms. The zero-order chi connectivity index (χ0) is 13.1. The van der Waals surface area contributed by atoms with Crippen molar-refractivity contribution < 1.29 is 4.79 Å². The number of hydrogen-bond donors (Lipinski definition) is 1. The second-order valence-corrected chi connectivity index (χ2v) is 6.18. The summed E-state index contributed by atoms with van der Waals surface area (Å²) in [6, 6.07) is 0.596. The minimum absolute atomic E-state index is 0.0645. The lowest BCUT2D eigenvalue weighted by atomic mass is 9.93. The molecule has 0 aromatic heterocycles. The maximum Gasteiger partial charge on any atom is 0.239 e. The number of carbonyl (C=O) groups is 1. The summed E-state index contributed by atoms with van der Waals surface area (Å²) in [7, 11) is 4.22. The van der Waals surface area contributed by atoms with Gasteiger partial charge < -0.3 is 15.1 Å². The molecule has 1 N–H and O–H groups in total. The molecule has 2 aliphatic rings. The molecule has 0 aromatic rings. The van der Waals surface area contributed by atoms with Gasteiger partial charge in [-0.2, -0.15) is 0 Å². The molecule has 104 valence electrons. The van der Waals surface area contributed by atoms with Gasteiger partial charge in [-0.1, -0.05) is 6.92 Å². The number of likely N-dealkylation sites (tertiary alicyclic amines) is 1. The first kappa shape index (κ1) is 13.8. The Kier molecular flexibility index (Phi) is 4.62. The largest absolute Gasteiger partial charge is 0.340 e. The summed E-state index contributed by atoms with van der Waals surface area (Å²) in [5.74, 6) is 1.00. The van der Waals surface area contributed by atoms with Gasteiger partial charge in [0.05, 0.1) is 6.04 Å². The van der Waals surface area contributed by atoms with Gasteiger partial charge in [-0.05, 0) is 52.2 Å². The third-order valence-corrected chi connectivity index (χ3v) is 4.40. The van der Waals surface area contributed by atoms with Gasteiger partial charge in [0.25, 0.3) is 0 Å². The maximum atomic E-state index is 12.5. The number of piperidine rings is 2. The molecule has 3 unspecified atom stereocenters. The third-order valence-electron chi connectivity index (χ3n) is 4.40. The zero-order valence-electron chi connectivity index (χ0n) is 12.0. The number of likely N-dealkylation sites (N-methyl/N-ethyl adjacent to an activating group) is 1. The monoisotopic (exact) mass is 253 g/mol. The highest BCUT2D eigenvalue weighted by Gasteiger charge is 2.31. The first-order valence-corrected chi connectivity index (χ1v) is 7.26. The van der Waals surface area contributed by atoms with E-state index in [0.717, 1.165) is 32.5 Å². The van der Waals surface area contributed by atoms with Crippen molar-refractivity contribution in [3.05, 3.63) is 0 Å². The number of hydrogen-bond acceptors (Lipinski definition) is 3. The highest BCUT2D eigenvalue weighted by molar-refractivity contribution is 5.82. The van der Waals surface area contributed by atoms with E-state index in [4.69, 9.17) is 0 Å². The van der Waals surface area contributed by atoms with Crippen molar-refractivity contribution in [2.75, 3.05) is 33.7 Å². The SMILES string of the molecule is CC1CCNC(C(=O)N2CCCC(N(C)C)C2)C1. The van der Waals surface area contributed by atoms with Crippen molar-refractivity contribution in [1.82, 2.24) is 15.1 Å². The van der Waals surface area contributed by atoms with E-state index in [9.17, 15) is 4.79 Å². The number of nitrogens with zero attached hydrogens (tertiary/aromatic N) is 2. The Morgan fingerprint density at radius 2 is 2.11 bits per heavy atom. The molecule has 0 bridgehead atoms. The van der Waals surface area contributed by atoms with E-state index in [-0.39, 0.29) is 6.04 Å². The Morgan fingerprint density at radius 3 is 2.78 bits per heavy atom. The van der Waals surface area contributed by atoms with Crippen LogP contribution in [0.4, 0.5) is 0 Å². The molecule has 1 amide bonds. The molecule has 2 fully saturated rings. The molecule has 0 aromatic carbocycles. The van der Waals surface area contributed by atoms with Crippen LogP contribution in [0.3, 0.4) is 0 Å². The first-order valence-electron chi connectivity index (χ1n) is 7.26. The molecule has 3 atom stereocenters. The van der Waals surface area contributed by atoms with Gasteiger partial charge in [-0.3, -0.25) is 4.79 Å². The molecule has 0 aliphatic carbocycles. The normalized spacial score (nSPS) is 33.8. The van der Waals surface area contributed by atoms with Gasteiger partial charge in [0.2, 0.25) is 5.91 Å². The first-order chi connectivity index (χ1) is 8.58. The molecule has 18 heavy (non-hydrogen) atoms. The van der Waals surface area contributed by atoms with Gasteiger partial charge in [0.15, 0.2) is 0 Å². The van der Waals surface area contributed by atoms with Crippen molar-refractivity contribution in [2.45, 2.75) is 44.7 Å². The minimum atomic E-state index is 0.0645. The molecule has 0 radical (unpaired) electrons.